The Bertz CT molecular complexity index is 793. The molecule has 2 heterocycles. The molecule has 0 saturated carbocycles. The molecule has 1 aliphatic rings. The second-order valence-corrected chi connectivity index (χ2v) is 5.41. The maximum atomic E-state index is 13.6. The summed E-state index contributed by atoms with van der Waals surface area (Å²) in [7, 11) is 0. The third kappa shape index (κ3) is 2.80. The van der Waals surface area contributed by atoms with Gasteiger partial charge in [0.25, 0.3) is 5.91 Å². The van der Waals surface area contributed by atoms with Crippen molar-refractivity contribution in [1.82, 2.24) is 10.3 Å². The van der Waals surface area contributed by atoms with E-state index in [0.717, 1.165) is 0 Å². The molecule has 0 spiro atoms. The molecule has 24 heavy (non-hydrogen) atoms. The summed E-state index contributed by atoms with van der Waals surface area (Å²) in [6.45, 7) is 0. The molecule has 0 aliphatic carbocycles. The molecule has 0 bridgehead atoms. The fourth-order valence-electron chi connectivity index (χ4n) is 2.16. The topological polar surface area (TPSA) is 66.4 Å². The summed E-state index contributed by atoms with van der Waals surface area (Å²) >= 11 is 5.67. The Labute approximate surface area is 139 Å². The molecule has 0 radical (unpaired) electrons. The fraction of sp³-hybridized carbons (Fsp3) is 0.133. The number of aliphatic imine (C=N–C) groups is 1. The number of alkyl halides is 3. The number of hydrogen-bond acceptors (Lipinski definition) is 4. The SMILES string of the molecule is O=C1NC(c2ccccc2)=NC1(Nc1ccc(Cl)cn1)C(F)(F)F. The maximum Gasteiger partial charge on any atom is 0.442 e. The average Bonchev–Trinajstić information content (AvgIpc) is 2.88. The van der Waals surface area contributed by atoms with Gasteiger partial charge in [-0.2, -0.15) is 13.2 Å². The van der Waals surface area contributed by atoms with Crippen LogP contribution in [0.15, 0.2) is 53.7 Å². The molecule has 124 valence electrons. The van der Waals surface area contributed by atoms with E-state index in [1.807, 2.05) is 0 Å². The molecule has 1 unspecified atom stereocenters. The summed E-state index contributed by atoms with van der Waals surface area (Å²) in [6, 6.07) is 10.7. The van der Waals surface area contributed by atoms with E-state index in [1.165, 1.54) is 18.3 Å². The normalized spacial score (nSPS) is 20.5. The van der Waals surface area contributed by atoms with Crippen molar-refractivity contribution in [2.24, 2.45) is 4.99 Å². The van der Waals surface area contributed by atoms with Gasteiger partial charge in [0.1, 0.15) is 11.7 Å². The number of halogens is 4. The Balaban J connectivity index is 2.04. The molecule has 3 rings (SSSR count). The van der Waals surface area contributed by atoms with Gasteiger partial charge in [-0.25, -0.2) is 9.98 Å². The standard InChI is InChI=1S/C15H10ClF3N4O/c16-10-6-7-11(20-8-10)22-14(15(17,18)19)13(24)21-12(23-14)9-4-2-1-3-5-9/h1-8H,(H,20,22)(H,21,23,24). The van der Waals surface area contributed by atoms with Gasteiger partial charge >= 0.3 is 11.8 Å². The van der Waals surface area contributed by atoms with E-state index in [0.29, 0.717) is 5.56 Å². The molecule has 1 atom stereocenters. The van der Waals surface area contributed by atoms with Crippen molar-refractivity contribution in [3.05, 3.63) is 59.2 Å². The van der Waals surface area contributed by atoms with Crippen LogP contribution in [0.25, 0.3) is 0 Å². The predicted molar refractivity (Wildman–Crippen MR) is 82.8 cm³/mol. The van der Waals surface area contributed by atoms with Crippen molar-refractivity contribution in [3.8, 4) is 0 Å². The van der Waals surface area contributed by atoms with Crippen LogP contribution in [0.3, 0.4) is 0 Å². The number of pyridine rings is 1. The van der Waals surface area contributed by atoms with Gasteiger partial charge in [0.05, 0.1) is 5.02 Å². The fourth-order valence-corrected chi connectivity index (χ4v) is 2.27. The van der Waals surface area contributed by atoms with Gasteiger partial charge < -0.3 is 10.6 Å². The van der Waals surface area contributed by atoms with Crippen LogP contribution in [-0.2, 0) is 4.79 Å². The highest BCUT2D eigenvalue weighted by Gasteiger charge is 2.64. The molecule has 1 aromatic heterocycles. The number of nitrogens with one attached hydrogen (secondary N) is 2. The first-order chi connectivity index (χ1) is 11.3. The van der Waals surface area contributed by atoms with E-state index in [9.17, 15) is 18.0 Å². The Morgan fingerprint density at radius 2 is 1.83 bits per heavy atom. The molecular formula is C15H10ClF3N4O. The quantitative estimate of drug-likeness (QED) is 0.890. The molecular weight excluding hydrogens is 345 g/mol. The van der Waals surface area contributed by atoms with E-state index in [-0.39, 0.29) is 16.7 Å². The number of aromatic nitrogens is 1. The zero-order chi connectivity index (χ0) is 17.4. The van der Waals surface area contributed by atoms with Gasteiger partial charge in [-0.05, 0) is 12.1 Å². The van der Waals surface area contributed by atoms with Crippen LogP contribution in [-0.4, -0.2) is 28.6 Å². The Morgan fingerprint density at radius 1 is 1.12 bits per heavy atom. The minimum Gasteiger partial charge on any atom is -0.331 e. The number of benzene rings is 1. The van der Waals surface area contributed by atoms with E-state index >= 15 is 0 Å². The van der Waals surface area contributed by atoms with Crippen molar-refractivity contribution < 1.29 is 18.0 Å². The third-order valence-corrected chi connectivity index (χ3v) is 3.56. The number of hydrogen-bond donors (Lipinski definition) is 2. The molecule has 0 saturated heterocycles. The average molecular weight is 355 g/mol. The van der Waals surface area contributed by atoms with E-state index in [2.05, 4.69) is 20.6 Å². The molecule has 5 nitrogen and oxygen atoms in total. The number of anilines is 1. The van der Waals surface area contributed by atoms with Gasteiger partial charge in [-0.3, -0.25) is 4.79 Å². The van der Waals surface area contributed by atoms with Crippen molar-refractivity contribution in [2.45, 2.75) is 11.8 Å². The van der Waals surface area contributed by atoms with Crippen LogP contribution in [0.1, 0.15) is 5.56 Å². The van der Waals surface area contributed by atoms with Crippen molar-refractivity contribution >= 4 is 29.2 Å². The first kappa shape index (κ1) is 16.3. The highest BCUT2D eigenvalue weighted by molar-refractivity contribution is 6.30. The van der Waals surface area contributed by atoms with Crippen LogP contribution < -0.4 is 10.6 Å². The lowest BCUT2D eigenvalue weighted by atomic mass is 10.1. The van der Waals surface area contributed by atoms with Crippen LogP contribution in [0, 0.1) is 0 Å². The molecule has 9 heteroatoms. The van der Waals surface area contributed by atoms with Crippen LogP contribution in [0.2, 0.25) is 5.02 Å². The molecule has 1 aromatic carbocycles. The van der Waals surface area contributed by atoms with E-state index in [1.54, 1.807) is 30.3 Å². The van der Waals surface area contributed by atoms with Gasteiger partial charge in [0.15, 0.2) is 0 Å². The number of carbonyl (C=O) groups is 1. The molecule has 2 N–H and O–H groups in total. The summed E-state index contributed by atoms with van der Waals surface area (Å²) in [5.74, 6) is -1.67. The van der Waals surface area contributed by atoms with E-state index < -0.39 is 17.7 Å². The van der Waals surface area contributed by atoms with Gasteiger partial charge in [-0.15, -0.1) is 0 Å². The minimum absolute atomic E-state index is 0.167. The molecule has 1 aliphatic heterocycles. The maximum absolute atomic E-state index is 13.6. The van der Waals surface area contributed by atoms with Crippen LogP contribution in [0.4, 0.5) is 19.0 Å². The van der Waals surface area contributed by atoms with Crippen LogP contribution >= 0.6 is 11.6 Å². The first-order valence-electron chi connectivity index (χ1n) is 6.75. The zero-order valence-electron chi connectivity index (χ0n) is 11.9. The smallest absolute Gasteiger partial charge is 0.331 e. The van der Waals surface area contributed by atoms with E-state index in [4.69, 9.17) is 11.6 Å². The van der Waals surface area contributed by atoms with Crippen molar-refractivity contribution in [3.63, 3.8) is 0 Å². The largest absolute Gasteiger partial charge is 0.442 e. The summed E-state index contributed by atoms with van der Waals surface area (Å²) in [4.78, 5) is 19.5. The highest BCUT2D eigenvalue weighted by atomic mass is 35.5. The Hall–Kier alpha value is -2.61. The third-order valence-electron chi connectivity index (χ3n) is 3.33. The summed E-state index contributed by atoms with van der Waals surface area (Å²) in [6.07, 6.45) is -3.81. The molecule has 2 aromatic rings. The minimum atomic E-state index is -4.98. The number of amides is 1. The van der Waals surface area contributed by atoms with Gasteiger partial charge in [0, 0.05) is 11.8 Å². The zero-order valence-corrected chi connectivity index (χ0v) is 12.7. The summed E-state index contributed by atoms with van der Waals surface area (Å²) in [5.41, 5.74) is -2.79. The monoisotopic (exact) mass is 354 g/mol. The molecule has 1 amide bonds. The predicted octanol–water partition coefficient (Wildman–Crippen LogP) is 2.98. The lowest BCUT2D eigenvalue weighted by Gasteiger charge is -2.27. The lowest BCUT2D eigenvalue weighted by Crippen LogP contribution is -2.57. The first-order valence-corrected chi connectivity index (χ1v) is 7.13. The van der Waals surface area contributed by atoms with Gasteiger partial charge in [0.2, 0.25) is 0 Å². The number of amidine groups is 1. The second-order valence-electron chi connectivity index (χ2n) is 4.98. The number of rotatable bonds is 3. The second kappa shape index (κ2) is 5.79. The molecule has 0 fully saturated rings. The van der Waals surface area contributed by atoms with Crippen molar-refractivity contribution in [1.29, 1.82) is 0 Å². The Kier molecular flexibility index (Phi) is 3.92. The Morgan fingerprint density at radius 3 is 2.42 bits per heavy atom. The van der Waals surface area contributed by atoms with Crippen molar-refractivity contribution in [2.75, 3.05) is 5.32 Å². The van der Waals surface area contributed by atoms with Gasteiger partial charge in [-0.1, -0.05) is 41.9 Å². The number of carbonyl (C=O) groups excluding carboxylic acids is 1. The summed E-state index contributed by atoms with van der Waals surface area (Å²) in [5, 5.41) is 4.51. The number of nitrogens with zero attached hydrogens (tertiary/aromatic N) is 2. The summed E-state index contributed by atoms with van der Waals surface area (Å²) < 4.78 is 40.9. The van der Waals surface area contributed by atoms with Crippen LogP contribution in [0.5, 0.6) is 0 Å². The lowest BCUT2D eigenvalue weighted by molar-refractivity contribution is -0.181. The highest BCUT2D eigenvalue weighted by Crippen LogP contribution is 2.37.